The van der Waals surface area contributed by atoms with Crippen molar-refractivity contribution < 1.29 is 37.0 Å². The number of thioether (sulfide) groups is 1. The number of halogens is 4. The molecule has 144 valence electrons. The van der Waals surface area contributed by atoms with E-state index in [-0.39, 0.29) is 17.9 Å². The number of ether oxygens (including phenoxy) is 1. The number of amides is 1. The third-order valence-electron chi connectivity index (χ3n) is 3.61. The molecule has 1 aliphatic heterocycles. The smallest absolute Gasteiger partial charge is 0.340 e. The molecule has 0 aromatic carbocycles. The summed E-state index contributed by atoms with van der Waals surface area (Å²) in [5.74, 6) is -4.91. The Kier molecular flexibility index (Phi) is 6.68. The van der Waals surface area contributed by atoms with Crippen LogP contribution in [0.2, 0.25) is 0 Å². The number of carbonyl (C=O) groups excluding carboxylic acids is 1. The van der Waals surface area contributed by atoms with Crippen LogP contribution in [0.15, 0.2) is 18.3 Å². The largest absolute Gasteiger partial charge is 0.481 e. The number of nitrogens with zero attached hydrogens (tertiary/aromatic N) is 2. The molecule has 1 aliphatic rings. The Hall–Kier alpha value is -2.04. The van der Waals surface area contributed by atoms with Crippen molar-refractivity contribution in [2.75, 3.05) is 24.7 Å². The van der Waals surface area contributed by atoms with Gasteiger partial charge in [0.15, 0.2) is 6.61 Å². The van der Waals surface area contributed by atoms with Gasteiger partial charge in [-0.25, -0.2) is 13.8 Å². The van der Waals surface area contributed by atoms with Crippen LogP contribution in [-0.2, 0) is 4.79 Å². The topological polar surface area (TPSA) is 79.7 Å². The SMILES string of the molecule is O=C(O)CC1CSCCN1C(=O)c1ccc(OCC(F)(F)C(F)F)nc1. The zero-order chi connectivity index (χ0) is 19.3. The number of carboxylic acid groups (broad SMARTS) is 1. The maximum Gasteiger partial charge on any atom is 0.340 e. The van der Waals surface area contributed by atoms with Crippen molar-refractivity contribution in [3.8, 4) is 5.88 Å². The Morgan fingerprint density at radius 2 is 2.15 bits per heavy atom. The van der Waals surface area contributed by atoms with Crippen LogP contribution in [0.4, 0.5) is 17.6 Å². The molecule has 0 radical (unpaired) electrons. The molecular formula is C15H16F4N2O4S. The maximum absolute atomic E-state index is 12.8. The van der Waals surface area contributed by atoms with Gasteiger partial charge in [0.05, 0.1) is 18.0 Å². The molecule has 2 heterocycles. The molecule has 0 saturated carbocycles. The highest BCUT2D eigenvalue weighted by atomic mass is 32.2. The number of aromatic nitrogens is 1. The Bertz CT molecular complexity index is 645. The Balaban J connectivity index is 2.02. The van der Waals surface area contributed by atoms with Crippen molar-refractivity contribution in [1.82, 2.24) is 9.88 Å². The van der Waals surface area contributed by atoms with E-state index in [1.165, 1.54) is 11.0 Å². The molecule has 1 aromatic heterocycles. The number of pyridine rings is 1. The molecule has 1 unspecified atom stereocenters. The lowest BCUT2D eigenvalue weighted by Crippen LogP contribution is -2.47. The second-order valence-electron chi connectivity index (χ2n) is 5.56. The van der Waals surface area contributed by atoms with Crippen molar-refractivity contribution in [1.29, 1.82) is 0 Å². The van der Waals surface area contributed by atoms with Gasteiger partial charge in [-0.1, -0.05) is 0 Å². The number of hydrogen-bond donors (Lipinski definition) is 1. The minimum Gasteiger partial charge on any atom is -0.481 e. The first-order chi connectivity index (χ1) is 12.2. The summed E-state index contributed by atoms with van der Waals surface area (Å²) in [6, 6.07) is 1.93. The fraction of sp³-hybridized carbons (Fsp3) is 0.533. The average Bonchev–Trinajstić information content (AvgIpc) is 2.60. The summed E-state index contributed by atoms with van der Waals surface area (Å²) in [6.45, 7) is -1.16. The molecule has 0 aliphatic carbocycles. The lowest BCUT2D eigenvalue weighted by Gasteiger charge is -2.34. The molecule has 6 nitrogen and oxygen atoms in total. The van der Waals surface area contributed by atoms with Crippen molar-refractivity contribution >= 4 is 23.6 Å². The number of rotatable bonds is 7. The molecule has 0 spiro atoms. The third kappa shape index (κ3) is 5.23. The molecular weight excluding hydrogens is 380 g/mol. The highest BCUT2D eigenvalue weighted by Crippen LogP contribution is 2.24. The lowest BCUT2D eigenvalue weighted by atomic mass is 10.1. The molecule has 1 amide bonds. The highest BCUT2D eigenvalue weighted by molar-refractivity contribution is 7.99. The lowest BCUT2D eigenvalue weighted by molar-refractivity contribution is -0.148. The van der Waals surface area contributed by atoms with E-state index in [0.717, 1.165) is 12.3 Å². The van der Waals surface area contributed by atoms with E-state index in [9.17, 15) is 27.2 Å². The summed E-state index contributed by atoms with van der Waals surface area (Å²) in [5, 5.41) is 8.95. The Labute approximate surface area is 150 Å². The second kappa shape index (κ2) is 8.56. The third-order valence-corrected chi connectivity index (χ3v) is 4.71. The minimum absolute atomic E-state index is 0.125. The molecule has 1 fully saturated rings. The van der Waals surface area contributed by atoms with Gasteiger partial charge in [0, 0.05) is 30.3 Å². The van der Waals surface area contributed by atoms with Gasteiger partial charge in [0.2, 0.25) is 5.88 Å². The standard InChI is InChI=1S/C15H16F4N2O4S/c16-14(17)15(18,19)8-25-11-2-1-9(6-20-11)13(24)21-3-4-26-7-10(21)5-12(22)23/h1-2,6,10,14H,3-5,7-8H2,(H,22,23). The van der Waals surface area contributed by atoms with Crippen LogP contribution in [0.3, 0.4) is 0 Å². The summed E-state index contributed by atoms with van der Waals surface area (Å²) in [5.41, 5.74) is 0.125. The first kappa shape index (κ1) is 20.3. The molecule has 11 heteroatoms. The molecule has 2 rings (SSSR count). The molecule has 1 atom stereocenters. The van der Waals surface area contributed by atoms with Gasteiger partial charge in [-0.2, -0.15) is 20.5 Å². The highest BCUT2D eigenvalue weighted by Gasteiger charge is 2.41. The van der Waals surface area contributed by atoms with E-state index in [1.807, 2.05) is 0 Å². The maximum atomic E-state index is 12.8. The van der Waals surface area contributed by atoms with Gasteiger partial charge in [-0.05, 0) is 6.07 Å². The van der Waals surface area contributed by atoms with Gasteiger partial charge >= 0.3 is 18.3 Å². The monoisotopic (exact) mass is 396 g/mol. The second-order valence-corrected chi connectivity index (χ2v) is 6.71. The van der Waals surface area contributed by atoms with Crippen molar-refractivity contribution in [3.05, 3.63) is 23.9 Å². The van der Waals surface area contributed by atoms with Gasteiger partial charge in [0.1, 0.15) is 0 Å². The molecule has 26 heavy (non-hydrogen) atoms. The van der Waals surface area contributed by atoms with E-state index < -0.39 is 36.9 Å². The average molecular weight is 396 g/mol. The van der Waals surface area contributed by atoms with E-state index in [0.29, 0.717) is 18.1 Å². The van der Waals surface area contributed by atoms with Gasteiger partial charge in [0.25, 0.3) is 5.91 Å². The number of alkyl halides is 4. The van der Waals surface area contributed by atoms with Crippen molar-refractivity contribution in [3.63, 3.8) is 0 Å². The van der Waals surface area contributed by atoms with Crippen LogP contribution in [0.25, 0.3) is 0 Å². The quantitative estimate of drug-likeness (QED) is 0.713. The fourth-order valence-electron chi connectivity index (χ4n) is 2.28. The van der Waals surface area contributed by atoms with Crippen LogP contribution >= 0.6 is 11.8 Å². The normalized spacial score (nSPS) is 18.0. The summed E-state index contributed by atoms with van der Waals surface area (Å²) < 4.78 is 54.3. The zero-order valence-electron chi connectivity index (χ0n) is 13.4. The summed E-state index contributed by atoms with van der Waals surface area (Å²) >= 11 is 1.55. The first-order valence-corrected chi connectivity index (χ1v) is 8.71. The van der Waals surface area contributed by atoms with Crippen LogP contribution in [0.5, 0.6) is 5.88 Å². The van der Waals surface area contributed by atoms with E-state index in [4.69, 9.17) is 5.11 Å². The molecule has 1 aromatic rings. The predicted octanol–water partition coefficient (Wildman–Crippen LogP) is 2.39. The van der Waals surface area contributed by atoms with Gasteiger partial charge in [-0.3, -0.25) is 9.59 Å². The zero-order valence-corrected chi connectivity index (χ0v) is 14.2. The van der Waals surface area contributed by atoms with Crippen LogP contribution in [-0.4, -0.2) is 69.9 Å². The van der Waals surface area contributed by atoms with E-state index in [2.05, 4.69) is 9.72 Å². The van der Waals surface area contributed by atoms with Crippen LogP contribution < -0.4 is 4.74 Å². The number of carbonyl (C=O) groups is 2. The summed E-state index contributed by atoms with van der Waals surface area (Å²) in [7, 11) is 0. The summed E-state index contributed by atoms with van der Waals surface area (Å²) in [4.78, 5) is 28.6. The number of aliphatic carboxylic acids is 1. The molecule has 0 bridgehead atoms. The van der Waals surface area contributed by atoms with Gasteiger partial charge < -0.3 is 14.7 Å². The fourth-order valence-corrected chi connectivity index (χ4v) is 3.35. The number of carboxylic acids is 1. The Morgan fingerprint density at radius 1 is 1.42 bits per heavy atom. The van der Waals surface area contributed by atoms with Crippen molar-refractivity contribution in [2.24, 2.45) is 0 Å². The van der Waals surface area contributed by atoms with E-state index >= 15 is 0 Å². The van der Waals surface area contributed by atoms with Crippen LogP contribution in [0.1, 0.15) is 16.8 Å². The molecule has 1 saturated heterocycles. The van der Waals surface area contributed by atoms with Gasteiger partial charge in [-0.15, -0.1) is 0 Å². The Morgan fingerprint density at radius 3 is 2.73 bits per heavy atom. The van der Waals surface area contributed by atoms with Crippen LogP contribution in [0, 0.1) is 0 Å². The van der Waals surface area contributed by atoms with Crippen molar-refractivity contribution in [2.45, 2.75) is 24.8 Å². The summed E-state index contributed by atoms with van der Waals surface area (Å²) in [6.07, 6.45) is -2.96. The first-order valence-electron chi connectivity index (χ1n) is 7.56. The minimum atomic E-state index is -4.30. The number of hydrogen-bond acceptors (Lipinski definition) is 5. The van der Waals surface area contributed by atoms with E-state index in [1.54, 1.807) is 11.8 Å². The molecule has 1 N–H and O–H groups in total. The predicted molar refractivity (Wildman–Crippen MR) is 85.1 cm³/mol.